The number of nitrogens with zero attached hydrogens (tertiary/aromatic N) is 3. The normalized spacial score (nSPS) is 10.2. The molecule has 0 aliphatic heterocycles. The third kappa shape index (κ3) is 3.14. The first-order valence-corrected chi connectivity index (χ1v) is 5.38. The lowest BCUT2D eigenvalue weighted by Crippen LogP contribution is -2.28. The van der Waals surface area contributed by atoms with E-state index < -0.39 is 0 Å². The summed E-state index contributed by atoms with van der Waals surface area (Å²) < 4.78 is 0. The summed E-state index contributed by atoms with van der Waals surface area (Å²) in [6.45, 7) is 0.485. The van der Waals surface area contributed by atoms with Gasteiger partial charge in [-0.25, -0.2) is 4.98 Å². The van der Waals surface area contributed by atoms with Gasteiger partial charge >= 0.3 is 0 Å². The summed E-state index contributed by atoms with van der Waals surface area (Å²) in [5.74, 6) is 0.807. The smallest absolute Gasteiger partial charge is 0.228 e. The summed E-state index contributed by atoms with van der Waals surface area (Å²) in [5, 5.41) is 0. The number of hydrogen-bond acceptors (Lipinski definition) is 3. The molecule has 0 fully saturated rings. The molecule has 2 aromatic heterocycles. The second-order valence-corrected chi connectivity index (χ2v) is 3.78. The second-order valence-electron chi connectivity index (χ2n) is 3.78. The van der Waals surface area contributed by atoms with E-state index in [1.807, 2.05) is 18.2 Å². The van der Waals surface area contributed by atoms with Gasteiger partial charge in [-0.1, -0.05) is 6.07 Å². The average molecular weight is 230 g/mol. The van der Waals surface area contributed by atoms with Gasteiger partial charge in [-0.2, -0.15) is 0 Å². The fraction of sp³-hybridized carbons (Fsp3) is 0.250. The maximum atomic E-state index is 11.9. The molecular weight excluding hydrogens is 216 g/mol. The lowest BCUT2D eigenvalue weighted by Gasteiger charge is -2.15. The summed E-state index contributed by atoms with van der Waals surface area (Å²) in [4.78, 5) is 24.7. The molecule has 88 valence electrons. The van der Waals surface area contributed by atoms with Crippen molar-refractivity contribution >= 4 is 5.91 Å². The average Bonchev–Trinajstić information content (AvgIpc) is 2.83. The summed E-state index contributed by atoms with van der Waals surface area (Å²) in [7, 11) is 1.76. The van der Waals surface area contributed by atoms with Crippen molar-refractivity contribution < 1.29 is 4.79 Å². The van der Waals surface area contributed by atoms with Gasteiger partial charge in [0.25, 0.3) is 0 Å². The number of aromatic amines is 1. The highest BCUT2D eigenvalue weighted by Crippen LogP contribution is 2.01. The van der Waals surface area contributed by atoms with E-state index in [9.17, 15) is 4.79 Å². The van der Waals surface area contributed by atoms with Crippen molar-refractivity contribution in [3.8, 4) is 0 Å². The molecule has 0 aliphatic rings. The molecule has 0 atom stereocenters. The Hall–Kier alpha value is -2.17. The molecule has 1 amide bonds. The number of imidazole rings is 1. The minimum atomic E-state index is 0.0279. The Morgan fingerprint density at radius 3 is 2.88 bits per heavy atom. The standard InChI is InChI=1S/C12H14N4O/c1-16(9-11-14-6-7-15-11)12(17)8-10-4-2-3-5-13-10/h2-7H,8-9H2,1H3,(H,14,15). The Morgan fingerprint density at radius 1 is 1.35 bits per heavy atom. The Labute approximate surface area is 99.5 Å². The van der Waals surface area contributed by atoms with Crippen molar-refractivity contribution in [2.45, 2.75) is 13.0 Å². The van der Waals surface area contributed by atoms with Crippen molar-refractivity contribution in [3.63, 3.8) is 0 Å². The zero-order valence-electron chi connectivity index (χ0n) is 9.63. The van der Waals surface area contributed by atoms with Crippen LogP contribution in [0.25, 0.3) is 0 Å². The lowest BCUT2D eigenvalue weighted by atomic mass is 10.2. The summed E-state index contributed by atoms with van der Waals surface area (Å²) >= 11 is 0. The zero-order chi connectivity index (χ0) is 12.1. The molecule has 2 heterocycles. The molecule has 0 saturated heterocycles. The van der Waals surface area contributed by atoms with Crippen LogP contribution in [0.2, 0.25) is 0 Å². The van der Waals surface area contributed by atoms with E-state index in [-0.39, 0.29) is 5.91 Å². The number of H-pyrrole nitrogens is 1. The summed E-state index contributed by atoms with van der Waals surface area (Å²) in [6.07, 6.45) is 5.42. The van der Waals surface area contributed by atoms with Gasteiger partial charge in [0.15, 0.2) is 0 Å². The van der Waals surface area contributed by atoms with Crippen LogP contribution >= 0.6 is 0 Å². The zero-order valence-corrected chi connectivity index (χ0v) is 9.63. The van der Waals surface area contributed by atoms with E-state index in [1.54, 1.807) is 30.5 Å². The van der Waals surface area contributed by atoms with E-state index in [0.29, 0.717) is 13.0 Å². The molecule has 2 aromatic rings. The Bertz CT molecular complexity index is 467. The van der Waals surface area contributed by atoms with Crippen LogP contribution in [0.4, 0.5) is 0 Å². The molecule has 0 bridgehead atoms. The largest absolute Gasteiger partial charge is 0.347 e. The number of pyridine rings is 1. The number of rotatable bonds is 4. The van der Waals surface area contributed by atoms with Crippen molar-refractivity contribution in [1.29, 1.82) is 0 Å². The van der Waals surface area contributed by atoms with Gasteiger partial charge in [0.05, 0.1) is 13.0 Å². The van der Waals surface area contributed by atoms with Crippen molar-refractivity contribution in [2.24, 2.45) is 0 Å². The highest BCUT2D eigenvalue weighted by molar-refractivity contribution is 5.77. The Kier molecular flexibility index (Phi) is 3.49. The van der Waals surface area contributed by atoms with E-state index in [2.05, 4.69) is 15.0 Å². The molecule has 0 saturated carbocycles. The Balaban J connectivity index is 1.92. The van der Waals surface area contributed by atoms with Crippen LogP contribution in [0.5, 0.6) is 0 Å². The predicted molar refractivity (Wildman–Crippen MR) is 63.0 cm³/mol. The SMILES string of the molecule is CN(Cc1ncc[nH]1)C(=O)Cc1ccccn1. The van der Waals surface area contributed by atoms with Crippen molar-refractivity contribution in [2.75, 3.05) is 7.05 Å². The number of aromatic nitrogens is 3. The fourth-order valence-corrected chi connectivity index (χ4v) is 1.49. The lowest BCUT2D eigenvalue weighted by molar-refractivity contribution is -0.129. The number of carbonyl (C=O) groups excluding carboxylic acids is 1. The van der Waals surface area contributed by atoms with Crippen LogP contribution in [0.15, 0.2) is 36.8 Å². The quantitative estimate of drug-likeness (QED) is 0.852. The van der Waals surface area contributed by atoms with Gasteiger partial charge in [-0.3, -0.25) is 9.78 Å². The van der Waals surface area contributed by atoms with Crippen molar-refractivity contribution in [1.82, 2.24) is 19.9 Å². The molecule has 2 rings (SSSR count). The molecule has 0 radical (unpaired) electrons. The van der Waals surface area contributed by atoms with Crippen LogP contribution in [-0.2, 0) is 17.8 Å². The number of nitrogens with one attached hydrogen (secondary N) is 1. The number of amides is 1. The molecule has 17 heavy (non-hydrogen) atoms. The molecule has 5 nitrogen and oxygen atoms in total. The fourth-order valence-electron chi connectivity index (χ4n) is 1.49. The maximum absolute atomic E-state index is 11.9. The molecular formula is C12H14N4O. The van der Waals surface area contributed by atoms with Crippen LogP contribution in [0.3, 0.4) is 0 Å². The van der Waals surface area contributed by atoms with Crippen LogP contribution in [-0.4, -0.2) is 32.8 Å². The third-order valence-corrected chi connectivity index (χ3v) is 2.43. The van der Waals surface area contributed by atoms with Gasteiger partial charge in [-0.05, 0) is 12.1 Å². The molecule has 0 spiro atoms. The molecule has 0 aliphatic carbocycles. The molecule has 1 N–H and O–H groups in total. The number of hydrogen-bond donors (Lipinski definition) is 1. The van der Waals surface area contributed by atoms with E-state index in [1.165, 1.54) is 0 Å². The highest BCUT2D eigenvalue weighted by Gasteiger charge is 2.11. The molecule has 5 heteroatoms. The molecule has 0 unspecified atom stereocenters. The van der Waals surface area contributed by atoms with Crippen LogP contribution in [0, 0.1) is 0 Å². The first kappa shape index (κ1) is 11.3. The van der Waals surface area contributed by atoms with Crippen LogP contribution in [0.1, 0.15) is 11.5 Å². The van der Waals surface area contributed by atoms with E-state index >= 15 is 0 Å². The van der Waals surface area contributed by atoms with Crippen molar-refractivity contribution in [3.05, 3.63) is 48.3 Å². The van der Waals surface area contributed by atoms with Gasteiger partial charge in [0.1, 0.15) is 5.82 Å². The maximum Gasteiger partial charge on any atom is 0.228 e. The van der Waals surface area contributed by atoms with Gasteiger partial charge in [0, 0.05) is 31.3 Å². The van der Waals surface area contributed by atoms with E-state index in [4.69, 9.17) is 0 Å². The summed E-state index contributed by atoms with van der Waals surface area (Å²) in [6, 6.07) is 5.56. The predicted octanol–water partition coefficient (Wildman–Crippen LogP) is 1.01. The topological polar surface area (TPSA) is 61.9 Å². The van der Waals surface area contributed by atoms with Crippen LogP contribution < -0.4 is 0 Å². The summed E-state index contributed by atoms with van der Waals surface area (Å²) in [5.41, 5.74) is 0.781. The van der Waals surface area contributed by atoms with Gasteiger partial charge in [-0.15, -0.1) is 0 Å². The van der Waals surface area contributed by atoms with Gasteiger partial charge < -0.3 is 9.88 Å². The number of likely N-dealkylation sites (N-methyl/N-ethyl adjacent to an activating group) is 1. The Morgan fingerprint density at radius 2 is 2.24 bits per heavy atom. The first-order chi connectivity index (χ1) is 8.25. The van der Waals surface area contributed by atoms with E-state index in [0.717, 1.165) is 11.5 Å². The second kappa shape index (κ2) is 5.25. The third-order valence-electron chi connectivity index (χ3n) is 2.43. The monoisotopic (exact) mass is 230 g/mol. The minimum Gasteiger partial charge on any atom is -0.347 e. The highest BCUT2D eigenvalue weighted by atomic mass is 16.2. The molecule has 0 aromatic carbocycles. The minimum absolute atomic E-state index is 0.0279. The first-order valence-electron chi connectivity index (χ1n) is 5.38. The number of carbonyl (C=O) groups is 1. The van der Waals surface area contributed by atoms with Gasteiger partial charge in [0.2, 0.25) is 5.91 Å².